The third-order valence-corrected chi connectivity index (χ3v) is 3.65. The van der Waals surface area contributed by atoms with E-state index in [1.54, 1.807) is 12.1 Å². The van der Waals surface area contributed by atoms with Crippen molar-refractivity contribution in [3.8, 4) is 0 Å². The average molecular weight is 307 g/mol. The molecule has 1 amide bonds. The van der Waals surface area contributed by atoms with Crippen LogP contribution in [0.15, 0.2) is 29.2 Å². The van der Waals surface area contributed by atoms with Gasteiger partial charge in [0.25, 0.3) is 5.91 Å². The number of halogens is 1. The van der Waals surface area contributed by atoms with Crippen molar-refractivity contribution in [2.45, 2.75) is 11.8 Å². The van der Waals surface area contributed by atoms with Crippen LogP contribution >= 0.6 is 12.4 Å². The van der Waals surface area contributed by atoms with Crippen molar-refractivity contribution in [3.05, 3.63) is 29.8 Å². The summed E-state index contributed by atoms with van der Waals surface area (Å²) in [6.45, 7) is 2.88. The van der Waals surface area contributed by atoms with E-state index in [0.717, 1.165) is 6.26 Å². The minimum atomic E-state index is -3.29. The van der Waals surface area contributed by atoms with E-state index >= 15 is 0 Å². The molecule has 0 aliphatic rings. The molecule has 7 heteroatoms. The second-order valence-corrected chi connectivity index (χ2v) is 6.37. The summed E-state index contributed by atoms with van der Waals surface area (Å²) in [5.74, 6) is -0.104. The SMILES string of the molecule is CC(CN)CNC(=O)c1cccc(S(C)(=O)=O)c1.Cl. The van der Waals surface area contributed by atoms with Gasteiger partial charge in [0.1, 0.15) is 0 Å². The third-order valence-electron chi connectivity index (χ3n) is 2.54. The van der Waals surface area contributed by atoms with E-state index in [-0.39, 0.29) is 29.1 Å². The molecule has 0 spiro atoms. The smallest absolute Gasteiger partial charge is 0.251 e. The van der Waals surface area contributed by atoms with Crippen LogP contribution in [0, 0.1) is 5.92 Å². The first kappa shape index (κ1) is 17.9. The lowest BCUT2D eigenvalue weighted by Crippen LogP contribution is -2.31. The summed E-state index contributed by atoms with van der Waals surface area (Å²) in [5, 5.41) is 2.71. The first-order chi connectivity index (χ1) is 8.34. The zero-order valence-electron chi connectivity index (χ0n) is 10.9. The molecule has 1 rings (SSSR count). The molecule has 1 aromatic rings. The number of hydrogen-bond donors (Lipinski definition) is 2. The van der Waals surface area contributed by atoms with Crippen molar-refractivity contribution in [2.75, 3.05) is 19.3 Å². The molecule has 3 N–H and O–H groups in total. The topological polar surface area (TPSA) is 89.3 Å². The van der Waals surface area contributed by atoms with E-state index in [0.29, 0.717) is 18.7 Å². The fraction of sp³-hybridized carbons (Fsp3) is 0.417. The van der Waals surface area contributed by atoms with Crippen molar-refractivity contribution in [1.29, 1.82) is 0 Å². The summed E-state index contributed by atoms with van der Waals surface area (Å²) in [7, 11) is -3.29. The van der Waals surface area contributed by atoms with Gasteiger partial charge >= 0.3 is 0 Å². The molecule has 0 aliphatic heterocycles. The number of benzene rings is 1. The first-order valence-corrected chi connectivity index (χ1v) is 7.52. The molecule has 108 valence electrons. The Bertz CT molecular complexity index is 532. The number of amides is 1. The highest BCUT2D eigenvalue weighted by Crippen LogP contribution is 2.11. The predicted octanol–water partition coefficient (Wildman–Crippen LogP) is 0.836. The van der Waals surface area contributed by atoms with E-state index in [1.807, 2.05) is 6.92 Å². The lowest BCUT2D eigenvalue weighted by Gasteiger charge is -2.10. The molecule has 1 unspecified atom stereocenters. The quantitative estimate of drug-likeness (QED) is 0.843. The Morgan fingerprint density at radius 2 is 2.05 bits per heavy atom. The van der Waals surface area contributed by atoms with Gasteiger partial charge in [0.2, 0.25) is 0 Å². The number of sulfone groups is 1. The molecule has 0 saturated heterocycles. The van der Waals surface area contributed by atoms with Crippen LogP contribution in [0.3, 0.4) is 0 Å². The predicted molar refractivity (Wildman–Crippen MR) is 77.4 cm³/mol. The van der Waals surface area contributed by atoms with Crippen LogP contribution in [-0.2, 0) is 9.84 Å². The summed E-state index contributed by atoms with van der Waals surface area (Å²) >= 11 is 0. The Morgan fingerprint density at radius 1 is 1.42 bits per heavy atom. The second kappa shape index (κ2) is 7.47. The standard InChI is InChI=1S/C12H18N2O3S.ClH/c1-9(7-13)8-14-12(15)10-4-3-5-11(6-10)18(2,16)17;/h3-6,9H,7-8,13H2,1-2H3,(H,14,15);1H. The molecule has 0 aliphatic carbocycles. The fourth-order valence-corrected chi connectivity index (χ4v) is 1.99. The summed E-state index contributed by atoms with van der Waals surface area (Å²) in [4.78, 5) is 11.9. The number of nitrogens with two attached hydrogens (primary N) is 1. The van der Waals surface area contributed by atoms with Crippen LogP contribution in [0.5, 0.6) is 0 Å². The van der Waals surface area contributed by atoms with Crippen molar-refractivity contribution in [1.82, 2.24) is 5.32 Å². The Kier molecular flexibility index (Phi) is 7.04. The minimum absolute atomic E-state index is 0. The summed E-state index contributed by atoms with van der Waals surface area (Å²) < 4.78 is 22.7. The molecule has 0 bridgehead atoms. The Balaban J connectivity index is 0.00000324. The van der Waals surface area contributed by atoms with Crippen molar-refractivity contribution >= 4 is 28.2 Å². The number of carbonyl (C=O) groups excluding carboxylic acids is 1. The lowest BCUT2D eigenvalue weighted by molar-refractivity contribution is 0.0948. The van der Waals surface area contributed by atoms with Gasteiger partial charge < -0.3 is 11.1 Å². The van der Waals surface area contributed by atoms with Gasteiger partial charge in [-0.25, -0.2) is 8.42 Å². The minimum Gasteiger partial charge on any atom is -0.352 e. The zero-order chi connectivity index (χ0) is 13.8. The van der Waals surface area contributed by atoms with Gasteiger partial charge in [0, 0.05) is 18.4 Å². The van der Waals surface area contributed by atoms with E-state index in [4.69, 9.17) is 5.73 Å². The molecule has 1 aromatic carbocycles. The Labute approximate surface area is 119 Å². The molecule has 0 radical (unpaired) electrons. The molecule has 1 atom stereocenters. The molecule has 0 heterocycles. The number of rotatable bonds is 5. The van der Waals surface area contributed by atoms with Gasteiger partial charge in [-0.2, -0.15) is 0 Å². The average Bonchev–Trinajstić information content (AvgIpc) is 2.34. The molecule has 0 aromatic heterocycles. The van der Waals surface area contributed by atoms with Gasteiger partial charge in [-0.15, -0.1) is 12.4 Å². The zero-order valence-corrected chi connectivity index (χ0v) is 12.6. The van der Waals surface area contributed by atoms with Gasteiger partial charge in [-0.1, -0.05) is 13.0 Å². The normalized spacial score (nSPS) is 12.4. The monoisotopic (exact) mass is 306 g/mol. The Hall–Kier alpha value is -1.11. The number of carbonyl (C=O) groups is 1. The van der Waals surface area contributed by atoms with Crippen LogP contribution in [0.1, 0.15) is 17.3 Å². The highest BCUT2D eigenvalue weighted by Gasteiger charge is 2.11. The van der Waals surface area contributed by atoms with Crippen molar-refractivity contribution in [2.24, 2.45) is 11.7 Å². The summed E-state index contributed by atoms with van der Waals surface area (Å²) in [6.07, 6.45) is 1.11. The van der Waals surface area contributed by atoms with Gasteiger partial charge in [0.15, 0.2) is 9.84 Å². The highest BCUT2D eigenvalue weighted by atomic mass is 35.5. The number of nitrogens with one attached hydrogen (secondary N) is 1. The van der Waals surface area contributed by atoms with E-state index in [2.05, 4.69) is 5.32 Å². The molecule has 0 fully saturated rings. The maximum absolute atomic E-state index is 11.8. The molecular weight excluding hydrogens is 288 g/mol. The van der Waals surface area contributed by atoms with E-state index in [1.165, 1.54) is 12.1 Å². The van der Waals surface area contributed by atoms with E-state index in [9.17, 15) is 13.2 Å². The van der Waals surface area contributed by atoms with Gasteiger partial charge in [0.05, 0.1) is 4.90 Å². The van der Waals surface area contributed by atoms with Crippen molar-refractivity contribution < 1.29 is 13.2 Å². The summed E-state index contributed by atoms with van der Waals surface area (Å²) in [5.41, 5.74) is 5.78. The number of hydrogen-bond acceptors (Lipinski definition) is 4. The lowest BCUT2D eigenvalue weighted by atomic mass is 10.1. The summed E-state index contributed by atoms with van der Waals surface area (Å²) in [6, 6.07) is 5.97. The first-order valence-electron chi connectivity index (χ1n) is 5.63. The van der Waals surface area contributed by atoms with Crippen LogP contribution in [-0.4, -0.2) is 33.7 Å². The van der Waals surface area contributed by atoms with Gasteiger partial charge in [-0.05, 0) is 30.7 Å². The van der Waals surface area contributed by atoms with Crippen LogP contribution in [0.25, 0.3) is 0 Å². The molecular formula is C12H19ClN2O3S. The van der Waals surface area contributed by atoms with Crippen LogP contribution in [0.4, 0.5) is 0 Å². The molecule has 0 saturated carbocycles. The largest absolute Gasteiger partial charge is 0.352 e. The van der Waals surface area contributed by atoms with Crippen LogP contribution in [0.2, 0.25) is 0 Å². The van der Waals surface area contributed by atoms with Crippen molar-refractivity contribution in [3.63, 3.8) is 0 Å². The fourth-order valence-electron chi connectivity index (χ4n) is 1.32. The maximum Gasteiger partial charge on any atom is 0.251 e. The highest BCUT2D eigenvalue weighted by molar-refractivity contribution is 7.90. The molecule has 5 nitrogen and oxygen atoms in total. The van der Waals surface area contributed by atoms with Crippen LogP contribution < -0.4 is 11.1 Å². The second-order valence-electron chi connectivity index (χ2n) is 4.35. The Morgan fingerprint density at radius 3 is 2.58 bits per heavy atom. The van der Waals surface area contributed by atoms with Gasteiger partial charge in [-0.3, -0.25) is 4.79 Å². The maximum atomic E-state index is 11.8. The van der Waals surface area contributed by atoms with E-state index < -0.39 is 9.84 Å². The molecule has 19 heavy (non-hydrogen) atoms. The third kappa shape index (κ3) is 5.59.